The van der Waals surface area contributed by atoms with Gasteiger partial charge in [-0.1, -0.05) is 39.0 Å². The van der Waals surface area contributed by atoms with Crippen molar-refractivity contribution in [3.63, 3.8) is 0 Å². The summed E-state index contributed by atoms with van der Waals surface area (Å²) in [6.45, 7) is 12.4. The van der Waals surface area contributed by atoms with Gasteiger partial charge in [-0.2, -0.15) is 0 Å². The quantitative estimate of drug-likeness (QED) is 0.0506. The molecule has 318 valence electrons. The second-order valence-electron chi connectivity index (χ2n) is 18.7. The smallest absolute Gasteiger partial charge is 0.220 e. The number of nitrogens with two attached hydrogens (primary N) is 4. The molecule has 57 heavy (non-hydrogen) atoms. The number of amides is 1. The number of fused-ring (bicyclic) bond motifs is 6. The second kappa shape index (κ2) is 20.1. The molecular formula is C47H75N5O5. The topological polar surface area (TPSA) is 178 Å². The average Bonchev–Trinajstić information content (AvgIpc) is 3.57. The van der Waals surface area contributed by atoms with Crippen molar-refractivity contribution in [1.29, 1.82) is 0 Å². The molecule has 0 heterocycles. The van der Waals surface area contributed by atoms with E-state index in [0.717, 1.165) is 81.8 Å². The van der Waals surface area contributed by atoms with E-state index < -0.39 is 0 Å². The fraction of sp³-hybridized carbons (Fsp3) is 0.745. The summed E-state index contributed by atoms with van der Waals surface area (Å²) in [5, 5.41) is 5.08. The third-order valence-electron chi connectivity index (χ3n) is 15.4. The highest BCUT2D eigenvalue weighted by Crippen LogP contribution is 2.69. The largest absolute Gasteiger partial charge is 0.399 e. The van der Waals surface area contributed by atoms with Crippen LogP contribution < -0.4 is 28.3 Å². The molecule has 0 bridgehead atoms. The van der Waals surface area contributed by atoms with Gasteiger partial charge in [-0.3, -0.25) is 9.59 Å². The van der Waals surface area contributed by atoms with Crippen molar-refractivity contribution in [2.75, 3.05) is 51.7 Å². The van der Waals surface area contributed by atoms with Crippen molar-refractivity contribution in [1.82, 2.24) is 5.32 Å². The van der Waals surface area contributed by atoms with Crippen molar-refractivity contribution < 1.29 is 23.8 Å². The number of ether oxygens (including phenoxy) is 3. The Hall–Kier alpha value is -2.60. The Morgan fingerprint density at radius 2 is 1.51 bits per heavy atom. The minimum Gasteiger partial charge on any atom is -0.399 e. The van der Waals surface area contributed by atoms with E-state index in [-0.39, 0.29) is 47.6 Å². The predicted octanol–water partition coefficient (Wildman–Crippen LogP) is 7.00. The van der Waals surface area contributed by atoms with Gasteiger partial charge in [0, 0.05) is 55.9 Å². The van der Waals surface area contributed by atoms with Crippen LogP contribution in [-0.4, -0.2) is 76.0 Å². The lowest BCUT2D eigenvalue weighted by molar-refractivity contribution is -0.227. The molecule has 6 rings (SSSR count). The van der Waals surface area contributed by atoms with Crippen molar-refractivity contribution >= 4 is 28.2 Å². The van der Waals surface area contributed by atoms with Gasteiger partial charge in [0.05, 0.1) is 18.3 Å². The third-order valence-corrected chi connectivity index (χ3v) is 15.4. The van der Waals surface area contributed by atoms with E-state index in [9.17, 15) is 9.59 Å². The molecule has 9 N–H and O–H groups in total. The van der Waals surface area contributed by atoms with Crippen LogP contribution in [0.3, 0.4) is 0 Å². The first-order chi connectivity index (χ1) is 27.5. The van der Waals surface area contributed by atoms with Crippen LogP contribution in [0.2, 0.25) is 0 Å². The minimum absolute atomic E-state index is 0.0194. The maximum absolute atomic E-state index is 13.0. The maximum Gasteiger partial charge on any atom is 0.220 e. The summed E-state index contributed by atoms with van der Waals surface area (Å²) in [6.07, 6.45) is 13.7. The van der Waals surface area contributed by atoms with Crippen LogP contribution in [-0.2, 0) is 19.0 Å². The molecule has 4 aliphatic carbocycles. The normalized spacial score (nSPS) is 32.7. The number of benzene rings is 2. The zero-order valence-corrected chi connectivity index (χ0v) is 35.4. The number of carbonyl (C=O) groups excluding carboxylic acids is 2. The van der Waals surface area contributed by atoms with Gasteiger partial charge in [0.15, 0.2) is 5.78 Å². The molecule has 4 aliphatic rings. The monoisotopic (exact) mass is 790 g/mol. The van der Waals surface area contributed by atoms with Crippen molar-refractivity contribution in [3.8, 4) is 0 Å². The number of nitrogen functional groups attached to an aromatic ring is 1. The van der Waals surface area contributed by atoms with Gasteiger partial charge in [0.1, 0.15) is 0 Å². The van der Waals surface area contributed by atoms with Crippen LogP contribution in [0, 0.1) is 46.3 Å². The van der Waals surface area contributed by atoms with Crippen molar-refractivity contribution in [3.05, 3.63) is 42.0 Å². The maximum atomic E-state index is 13.0. The molecule has 1 amide bonds. The first-order valence-electron chi connectivity index (χ1n) is 22.6. The highest BCUT2D eigenvalue weighted by molar-refractivity contribution is 6.01. The first-order valence-corrected chi connectivity index (χ1v) is 22.6. The second-order valence-corrected chi connectivity index (χ2v) is 18.7. The van der Waals surface area contributed by atoms with Crippen molar-refractivity contribution in [2.45, 2.75) is 129 Å². The molecule has 0 spiro atoms. The molecular weight excluding hydrogens is 715 g/mol. The lowest BCUT2D eigenvalue weighted by Crippen LogP contribution is -2.63. The van der Waals surface area contributed by atoms with Gasteiger partial charge in [0.2, 0.25) is 5.91 Å². The summed E-state index contributed by atoms with van der Waals surface area (Å²) in [5.74, 6) is 3.08. The number of carbonyl (C=O) groups is 2. The molecule has 2 aromatic rings. The molecule has 0 aliphatic heterocycles. The summed E-state index contributed by atoms with van der Waals surface area (Å²) in [5.41, 5.74) is 25.3. The Bertz CT molecular complexity index is 1620. The van der Waals surface area contributed by atoms with Crippen molar-refractivity contribution in [2.24, 2.45) is 63.5 Å². The minimum atomic E-state index is -0.0647. The molecule has 4 fully saturated rings. The number of rotatable bonds is 21. The van der Waals surface area contributed by atoms with Crippen LogP contribution in [0.4, 0.5) is 5.69 Å². The zero-order valence-electron chi connectivity index (χ0n) is 35.4. The van der Waals surface area contributed by atoms with Crippen LogP contribution in [0.15, 0.2) is 36.4 Å². The lowest BCUT2D eigenvalue weighted by Gasteiger charge is -2.65. The van der Waals surface area contributed by atoms with Gasteiger partial charge >= 0.3 is 0 Å². The summed E-state index contributed by atoms with van der Waals surface area (Å²) in [4.78, 5) is 25.8. The van der Waals surface area contributed by atoms with E-state index in [1.54, 1.807) is 0 Å². The Morgan fingerprint density at radius 3 is 2.26 bits per heavy atom. The summed E-state index contributed by atoms with van der Waals surface area (Å²) in [7, 11) is 0. The SMILES string of the molecule is C[C@H](CCCNC(=O)CCC(=O)c1ccc2cc(N)ccc2c1)[C@H]1CC[C@H]2C3[C@H](OCCCN)CC4C[C@H](OCCCN)CCC4(C)[C@H]3C[C@H](OCCCN)C12C. The van der Waals surface area contributed by atoms with Crippen LogP contribution in [0.25, 0.3) is 10.8 Å². The molecule has 4 saturated carbocycles. The van der Waals surface area contributed by atoms with Gasteiger partial charge < -0.3 is 42.5 Å². The molecule has 2 aromatic carbocycles. The predicted molar refractivity (Wildman–Crippen MR) is 230 cm³/mol. The van der Waals surface area contributed by atoms with E-state index in [0.29, 0.717) is 85.6 Å². The standard InChI is InChI=1S/C47H75N5O5/c1-31(8-4-22-52-44(54)16-15-41(53)34-10-9-33-27-36(51)12-11-32(33)26-34)38-13-14-39-45-40(30-43(47(38,39)3)57-25-7-21-50)46(2)18-17-37(55-23-5-19-48)28-35(46)29-42(45)56-24-6-20-49/h9-12,26-27,31,35,37-40,42-43,45H,4-8,13-25,28-30,48-51H2,1-3H3,(H,52,54)/t31-,35?,37-,38-,39+,40+,42-,43+,45?,46?,47?/m1/s1. The zero-order chi connectivity index (χ0) is 40.6. The van der Waals surface area contributed by atoms with Gasteiger partial charge in [-0.15, -0.1) is 0 Å². The van der Waals surface area contributed by atoms with Crippen LogP contribution in [0.5, 0.6) is 0 Å². The van der Waals surface area contributed by atoms with Gasteiger partial charge in [-0.05, 0) is 167 Å². The number of hydrogen-bond donors (Lipinski definition) is 5. The average molecular weight is 790 g/mol. The van der Waals surface area contributed by atoms with E-state index in [2.05, 4.69) is 26.1 Å². The molecule has 11 atom stereocenters. The number of ketones is 1. The molecule has 0 radical (unpaired) electrons. The Balaban J connectivity index is 1.08. The molecule has 0 saturated heterocycles. The number of nitrogens with one attached hydrogen (secondary N) is 1. The molecule has 10 nitrogen and oxygen atoms in total. The molecule has 10 heteroatoms. The fourth-order valence-electron chi connectivity index (χ4n) is 12.3. The Kier molecular flexibility index (Phi) is 15.5. The van der Waals surface area contributed by atoms with E-state index in [4.69, 9.17) is 37.1 Å². The highest BCUT2D eigenvalue weighted by atomic mass is 16.5. The lowest BCUT2D eigenvalue weighted by atomic mass is 9.43. The fourth-order valence-corrected chi connectivity index (χ4v) is 12.3. The number of hydrogen-bond acceptors (Lipinski definition) is 9. The molecule has 4 unspecified atom stereocenters. The first kappa shape index (κ1) is 44.0. The van der Waals surface area contributed by atoms with Crippen LogP contribution in [0.1, 0.15) is 121 Å². The number of anilines is 1. The van der Waals surface area contributed by atoms with E-state index in [1.165, 1.54) is 19.3 Å². The van der Waals surface area contributed by atoms with E-state index >= 15 is 0 Å². The third kappa shape index (κ3) is 9.90. The highest BCUT2D eigenvalue weighted by Gasteiger charge is 2.66. The summed E-state index contributed by atoms with van der Waals surface area (Å²) < 4.78 is 20.3. The van der Waals surface area contributed by atoms with Gasteiger partial charge in [-0.25, -0.2) is 0 Å². The summed E-state index contributed by atoms with van der Waals surface area (Å²) in [6, 6.07) is 11.3. The molecule has 0 aromatic heterocycles. The van der Waals surface area contributed by atoms with Crippen LogP contribution >= 0.6 is 0 Å². The van der Waals surface area contributed by atoms with Gasteiger partial charge in [0.25, 0.3) is 0 Å². The number of Topliss-reactive ketones (excluding diaryl/α,β-unsaturated/α-hetero) is 1. The Morgan fingerprint density at radius 1 is 0.807 bits per heavy atom. The Labute approximate surface area is 342 Å². The van der Waals surface area contributed by atoms with E-state index in [1.807, 2.05) is 36.4 Å². The summed E-state index contributed by atoms with van der Waals surface area (Å²) >= 11 is 0.